The number of likely N-dealkylation sites (N-methyl/N-ethyl adjacent to an activating group) is 1. The van der Waals surface area contributed by atoms with Gasteiger partial charge in [0.15, 0.2) is 5.76 Å². The van der Waals surface area contributed by atoms with E-state index in [1.807, 2.05) is 24.3 Å². The molecule has 1 heterocycles. The number of amides is 1. The van der Waals surface area contributed by atoms with Gasteiger partial charge in [0.05, 0.1) is 18.0 Å². The lowest BCUT2D eigenvalue weighted by atomic mass is 10.0. The molecule has 0 aliphatic rings. The molecule has 1 amide bonds. The lowest BCUT2D eigenvalue weighted by molar-refractivity contribution is 0.0902. The van der Waals surface area contributed by atoms with Gasteiger partial charge < -0.3 is 14.5 Å². The van der Waals surface area contributed by atoms with Crippen LogP contribution in [0.25, 0.3) is 0 Å². The van der Waals surface area contributed by atoms with Gasteiger partial charge in [-0.1, -0.05) is 44.2 Å². The maximum Gasteiger partial charge on any atom is 0.287 e. The minimum Gasteiger partial charge on any atom is -0.497 e. The minimum atomic E-state index is -3.82. The third kappa shape index (κ3) is 5.20. The summed E-state index contributed by atoms with van der Waals surface area (Å²) < 4.78 is 36.0. The molecule has 0 aliphatic heterocycles. The average Bonchev–Trinajstić information content (AvgIpc) is 3.34. The van der Waals surface area contributed by atoms with Crippen molar-refractivity contribution in [1.82, 2.24) is 10.2 Å². The molecular weight excluding hydrogens is 428 g/mol. The van der Waals surface area contributed by atoms with Crippen molar-refractivity contribution in [3.63, 3.8) is 0 Å². The first-order valence-corrected chi connectivity index (χ1v) is 11.9. The largest absolute Gasteiger partial charge is 0.497 e. The zero-order chi connectivity index (χ0) is 23.1. The van der Waals surface area contributed by atoms with E-state index in [2.05, 4.69) is 24.1 Å². The second-order valence-corrected chi connectivity index (χ2v) is 9.04. The van der Waals surface area contributed by atoms with Crippen LogP contribution in [0.15, 0.2) is 81.1 Å². The molecule has 7 nitrogen and oxygen atoms in total. The number of benzene rings is 2. The number of carbonyl (C=O) groups is 1. The Kier molecular flexibility index (Phi) is 7.71. The van der Waals surface area contributed by atoms with Crippen LogP contribution in [0.2, 0.25) is 0 Å². The number of furan rings is 1. The molecule has 1 aromatic heterocycles. The SMILES string of the molecule is CCN(CC)C(CNC(=O)c1ccc(S(=O)(=O)c2ccccc2)o1)c1ccc(OC)cc1. The number of sulfone groups is 1. The van der Waals surface area contributed by atoms with E-state index in [0.717, 1.165) is 24.4 Å². The summed E-state index contributed by atoms with van der Waals surface area (Å²) in [6, 6.07) is 18.3. The minimum absolute atomic E-state index is 0.0486. The number of methoxy groups -OCH3 is 1. The van der Waals surface area contributed by atoms with E-state index in [1.54, 1.807) is 25.3 Å². The number of carbonyl (C=O) groups excluding carboxylic acids is 1. The van der Waals surface area contributed by atoms with Gasteiger partial charge in [0.1, 0.15) is 5.75 Å². The van der Waals surface area contributed by atoms with Gasteiger partial charge in [-0.25, -0.2) is 8.42 Å². The van der Waals surface area contributed by atoms with Gasteiger partial charge in [0.25, 0.3) is 5.91 Å². The van der Waals surface area contributed by atoms with Crippen LogP contribution in [0, 0.1) is 0 Å². The fourth-order valence-corrected chi connectivity index (χ4v) is 4.72. The lowest BCUT2D eigenvalue weighted by Crippen LogP contribution is -2.38. The van der Waals surface area contributed by atoms with E-state index in [4.69, 9.17) is 9.15 Å². The smallest absolute Gasteiger partial charge is 0.287 e. The van der Waals surface area contributed by atoms with Crippen LogP contribution in [0.3, 0.4) is 0 Å². The summed E-state index contributed by atoms with van der Waals surface area (Å²) in [4.78, 5) is 15.1. The molecule has 0 saturated heterocycles. The monoisotopic (exact) mass is 456 g/mol. The van der Waals surface area contributed by atoms with Crippen LogP contribution in [-0.2, 0) is 9.84 Å². The van der Waals surface area contributed by atoms with Crippen LogP contribution in [0.5, 0.6) is 5.75 Å². The van der Waals surface area contributed by atoms with E-state index < -0.39 is 15.7 Å². The molecule has 0 aliphatic carbocycles. The average molecular weight is 457 g/mol. The molecule has 1 N–H and O–H groups in total. The summed E-state index contributed by atoms with van der Waals surface area (Å²) in [6.45, 7) is 6.09. The van der Waals surface area contributed by atoms with Gasteiger partial charge >= 0.3 is 0 Å². The van der Waals surface area contributed by atoms with E-state index in [9.17, 15) is 13.2 Å². The predicted octanol–water partition coefficient (Wildman–Crippen LogP) is 3.93. The van der Waals surface area contributed by atoms with E-state index in [1.165, 1.54) is 24.3 Å². The summed E-state index contributed by atoms with van der Waals surface area (Å²) in [5, 5.41) is 2.62. The Hall–Kier alpha value is -3.10. The van der Waals surface area contributed by atoms with Crippen molar-refractivity contribution in [3.8, 4) is 5.75 Å². The van der Waals surface area contributed by atoms with E-state index in [0.29, 0.717) is 6.54 Å². The van der Waals surface area contributed by atoms with Crippen LogP contribution >= 0.6 is 0 Å². The first-order chi connectivity index (χ1) is 15.4. The molecule has 0 spiro atoms. The molecule has 1 unspecified atom stereocenters. The second-order valence-electron chi connectivity index (χ2n) is 7.16. The molecule has 0 saturated carbocycles. The van der Waals surface area contributed by atoms with Crippen LogP contribution in [-0.4, -0.2) is 46.0 Å². The van der Waals surface area contributed by atoms with Crippen molar-refractivity contribution in [3.05, 3.63) is 78.1 Å². The van der Waals surface area contributed by atoms with E-state index in [-0.39, 0.29) is 21.8 Å². The van der Waals surface area contributed by atoms with Crippen molar-refractivity contribution < 1.29 is 22.4 Å². The number of hydrogen-bond donors (Lipinski definition) is 1. The first-order valence-electron chi connectivity index (χ1n) is 10.5. The van der Waals surface area contributed by atoms with Crippen molar-refractivity contribution in [2.75, 3.05) is 26.7 Å². The fourth-order valence-electron chi connectivity index (χ4n) is 3.53. The molecule has 8 heteroatoms. The fraction of sp³-hybridized carbons (Fsp3) is 0.292. The Morgan fingerprint density at radius 1 is 1.00 bits per heavy atom. The number of nitrogens with one attached hydrogen (secondary N) is 1. The Bertz CT molecular complexity index is 1120. The summed E-state index contributed by atoms with van der Waals surface area (Å²) in [7, 11) is -2.20. The maximum absolute atomic E-state index is 12.7. The highest BCUT2D eigenvalue weighted by molar-refractivity contribution is 7.91. The zero-order valence-electron chi connectivity index (χ0n) is 18.4. The summed E-state index contributed by atoms with van der Waals surface area (Å²) >= 11 is 0. The van der Waals surface area contributed by atoms with Crippen molar-refractivity contribution in [2.24, 2.45) is 0 Å². The van der Waals surface area contributed by atoms with Gasteiger partial charge in [-0.05, 0) is 55.1 Å². The van der Waals surface area contributed by atoms with Crippen LogP contribution in [0.4, 0.5) is 0 Å². The predicted molar refractivity (Wildman–Crippen MR) is 122 cm³/mol. The maximum atomic E-state index is 12.7. The van der Waals surface area contributed by atoms with E-state index >= 15 is 0 Å². The molecule has 2 aromatic carbocycles. The third-order valence-corrected chi connectivity index (χ3v) is 6.98. The second kappa shape index (κ2) is 10.5. The normalized spacial score (nSPS) is 12.5. The highest BCUT2D eigenvalue weighted by Gasteiger charge is 2.24. The number of hydrogen-bond acceptors (Lipinski definition) is 6. The van der Waals surface area contributed by atoms with Crippen molar-refractivity contribution in [2.45, 2.75) is 29.9 Å². The number of rotatable bonds is 10. The number of ether oxygens (including phenoxy) is 1. The molecule has 170 valence electrons. The van der Waals surface area contributed by atoms with Crippen LogP contribution < -0.4 is 10.1 Å². The Labute approximate surface area is 188 Å². The van der Waals surface area contributed by atoms with Gasteiger partial charge in [0.2, 0.25) is 14.9 Å². The quantitative estimate of drug-likeness (QED) is 0.497. The van der Waals surface area contributed by atoms with Gasteiger partial charge in [-0.2, -0.15) is 0 Å². The Morgan fingerprint density at radius 3 is 2.25 bits per heavy atom. The Balaban J connectivity index is 1.75. The van der Waals surface area contributed by atoms with Gasteiger partial charge in [-0.3, -0.25) is 9.69 Å². The third-order valence-electron chi connectivity index (χ3n) is 5.33. The molecule has 1 atom stereocenters. The highest BCUT2D eigenvalue weighted by atomic mass is 32.2. The molecule has 32 heavy (non-hydrogen) atoms. The molecular formula is C24H28N2O5S. The summed E-state index contributed by atoms with van der Waals surface area (Å²) in [5.74, 6) is 0.247. The number of nitrogens with zero attached hydrogens (tertiary/aromatic N) is 1. The zero-order valence-corrected chi connectivity index (χ0v) is 19.3. The van der Waals surface area contributed by atoms with Crippen molar-refractivity contribution in [1.29, 1.82) is 0 Å². The molecule has 3 rings (SSSR count). The topological polar surface area (TPSA) is 88.9 Å². The van der Waals surface area contributed by atoms with Gasteiger partial charge in [0, 0.05) is 6.54 Å². The van der Waals surface area contributed by atoms with Crippen LogP contribution in [0.1, 0.15) is 36.0 Å². The molecule has 0 radical (unpaired) electrons. The van der Waals surface area contributed by atoms with Crippen molar-refractivity contribution >= 4 is 15.7 Å². The first kappa shape index (κ1) is 23.6. The molecule has 0 fully saturated rings. The highest BCUT2D eigenvalue weighted by Crippen LogP contribution is 2.24. The molecule has 3 aromatic rings. The molecule has 0 bridgehead atoms. The summed E-state index contributed by atoms with van der Waals surface area (Å²) in [5.41, 5.74) is 1.04. The van der Waals surface area contributed by atoms with Gasteiger partial charge in [-0.15, -0.1) is 0 Å². The Morgan fingerprint density at radius 2 is 1.66 bits per heavy atom. The standard InChI is InChI=1S/C24H28N2O5S/c1-4-26(5-2)21(18-11-13-19(30-3)14-12-18)17-25-24(27)22-15-16-23(31-22)32(28,29)20-9-7-6-8-10-20/h6-16,21H,4-5,17H2,1-3H3,(H,25,27). The lowest BCUT2D eigenvalue weighted by Gasteiger charge is -2.30. The summed E-state index contributed by atoms with van der Waals surface area (Å²) in [6.07, 6.45) is 0.